The Balaban J connectivity index is 2.02. The highest BCUT2D eigenvalue weighted by Gasteiger charge is 2.15. The molecule has 2 rings (SSSR count). The maximum atomic E-state index is 11.8. The van der Waals surface area contributed by atoms with Crippen LogP contribution >= 0.6 is 0 Å². The molecule has 1 atom stereocenters. The third-order valence-corrected chi connectivity index (χ3v) is 2.81. The SMILES string of the molecule is C[C@H](NC(=O)c1ccc(Oc2ccccc2)cc1)C(=O)O. The van der Waals surface area contributed by atoms with E-state index in [4.69, 9.17) is 9.84 Å². The second kappa shape index (κ2) is 6.56. The van der Waals surface area contributed by atoms with Gasteiger partial charge in [-0.15, -0.1) is 0 Å². The smallest absolute Gasteiger partial charge is 0.325 e. The Morgan fingerprint density at radius 2 is 1.57 bits per heavy atom. The zero-order valence-corrected chi connectivity index (χ0v) is 11.4. The van der Waals surface area contributed by atoms with Crippen LogP contribution in [0.5, 0.6) is 11.5 Å². The third kappa shape index (κ3) is 4.07. The molecule has 0 bridgehead atoms. The first-order chi connectivity index (χ1) is 10.1. The Bertz CT molecular complexity index is 622. The highest BCUT2D eigenvalue weighted by atomic mass is 16.5. The van der Waals surface area contributed by atoms with E-state index in [0.29, 0.717) is 17.1 Å². The minimum absolute atomic E-state index is 0.378. The van der Waals surface area contributed by atoms with Crippen molar-refractivity contribution in [2.45, 2.75) is 13.0 Å². The van der Waals surface area contributed by atoms with Crippen LogP contribution in [0.2, 0.25) is 0 Å². The Morgan fingerprint density at radius 3 is 2.14 bits per heavy atom. The first-order valence-corrected chi connectivity index (χ1v) is 6.43. The molecule has 0 unspecified atom stereocenters. The predicted molar refractivity (Wildman–Crippen MR) is 77.5 cm³/mol. The number of hydrogen-bond donors (Lipinski definition) is 2. The van der Waals surface area contributed by atoms with Crippen LogP contribution in [0.4, 0.5) is 0 Å². The zero-order valence-electron chi connectivity index (χ0n) is 11.4. The van der Waals surface area contributed by atoms with Gasteiger partial charge in [0.1, 0.15) is 17.5 Å². The summed E-state index contributed by atoms with van der Waals surface area (Å²) in [6.07, 6.45) is 0. The minimum atomic E-state index is -1.08. The molecule has 0 fully saturated rings. The maximum Gasteiger partial charge on any atom is 0.325 e. The molecular formula is C16H15NO4. The Kier molecular flexibility index (Phi) is 4.56. The van der Waals surface area contributed by atoms with Gasteiger partial charge in [0.25, 0.3) is 5.91 Å². The van der Waals surface area contributed by atoms with Crippen molar-refractivity contribution in [1.82, 2.24) is 5.32 Å². The number of rotatable bonds is 5. The minimum Gasteiger partial charge on any atom is -0.480 e. The number of para-hydroxylation sites is 1. The highest BCUT2D eigenvalue weighted by molar-refractivity contribution is 5.96. The molecule has 0 saturated carbocycles. The van der Waals surface area contributed by atoms with Crippen LogP contribution in [0.3, 0.4) is 0 Å². The van der Waals surface area contributed by atoms with Gasteiger partial charge < -0.3 is 15.2 Å². The lowest BCUT2D eigenvalue weighted by Crippen LogP contribution is -2.38. The molecule has 0 aromatic heterocycles. The number of carbonyl (C=O) groups is 2. The third-order valence-electron chi connectivity index (χ3n) is 2.81. The molecule has 0 saturated heterocycles. The van der Waals surface area contributed by atoms with Gasteiger partial charge in [-0.2, -0.15) is 0 Å². The van der Waals surface area contributed by atoms with Crippen molar-refractivity contribution in [2.24, 2.45) is 0 Å². The van der Waals surface area contributed by atoms with Gasteiger partial charge in [-0.25, -0.2) is 0 Å². The van der Waals surface area contributed by atoms with Gasteiger partial charge in [0.2, 0.25) is 0 Å². The molecule has 5 nitrogen and oxygen atoms in total. The van der Waals surface area contributed by atoms with Gasteiger partial charge in [0.05, 0.1) is 0 Å². The van der Waals surface area contributed by atoms with Crippen LogP contribution in [0.1, 0.15) is 17.3 Å². The molecule has 0 aliphatic carbocycles. The van der Waals surface area contributed by atoms with Crippen molar-refractivity contribution in [1.29, 1.82) is 0 Å². The van der Waals surface area contributed by atoms with Crippen molar-refractivity contribution in [2.75, 3.05) is 0 Å². The van der Waals surface area contributed by atoms with E-state index in [0.717, 1.165) is 0 Å². The van der Waals surface area contributed by atoms with E-state index in [1.807, 2.05) is 30.3 Å². The topological polar surface area (TPSA) is 75.6 Å². The fraction of sp³-hybridized carbons (Fsp3) is 0.125. The number of aliphatic carboxylic acids is 1. The summed E-state index contributed by atoms with van der Waals surface area (Å²) in [6.45, 7) is 1.41. The van der Waals surface area contributed by atoms with Crippen molar-refractivity contribution in [3.8, 4) is 11.5 Å². The number of benzene rings is 2. The number of carboxylic acid groups (broad SMARTS) is 1. The normalized spacial score (nSPS) is 11.5. The molecule has 2 aromatic rings. The van der Waals surface area contributed by atoms with Crippen LogP contribution in [-0.4, -0.2) is 23.0 Å². The molecule has 0 aliphatic rings. The number of nitrogens with one attached hydrogen (secondary N) is 1. The van der Waals surface area contributed by atoms with Gasteiger partial charge in [-0.3, -0.25) is 9.59 Å². The van der Waals surface area contributed by atoms with Gasteiger partial charge in [-0.1, -0.05) is 18.2 Å². The van der Waals surface area contributed by atoms with Gasteiger partial charge in [0, 0.05) is 5.56 Å². The second-order valence-electron chi connectivity index (χ2n) is 4.47. The first-order valence-electron chi connectivity index (χ1n) is 6.43. The zero-order chi connectivity index (χ0) is 15.2. The lowest BCUT2D eigenvalue weighted by Gasteiger charge is -2.10. The number of hydrogen-bond acceptors (Lipinski definition) is 3. The molecule has 2 N–H and O–H groups in total. The quantitative estimate of drug-likeness (QED) is 0.885. The van der Waals surface area contributed by atoms with Crippen LogP contribution < -0.4 is 10.1 Å². The highest BCUT2D eigenvalue weighted by Crippen LogP contribution is 2.21. The average Bonchev–Trinajstić information content (AvgIpc) is 2.48. The lowest BCUT2D eigenvalue weighted by molar-refractivity contribution is -0.138. The van der Waals surface area contributed by atoms with E-state index in [1.165, 1.54) is 6.92 Å². The van der Waals surface area contributed by atoms with Crippen LogP contribution in [0, 0.1) is 0 Å². The molecule has 1 amide bonds. The van der Waals surface area contributed by atoms with Crippen molar-refractivity contribution < 1.29 is 19.4 Å². The fourth-order valence-electron chi connectivity index (χ4n) is 1.64. The molecule has 0 radical (unpaired) electrons. The van der Waals surface area contributed by atoms with E-state index >= 15 is 0 Å². The molecule has 0 aliphatic heterocycles. The largest absolute Gasteiger partial charge is 0.480 e. The Morgan fingerprint density at radius 1 is 1.00 bits per heavy atom. The molecule has 5 heteroatoms. The summed E-state index contributed by atoms with van der Waals surface area (Å²) in [5.41, 5.74) is 0.378. The summed E-state index contributed by atoms with van der Waals surface area (Å²) in [5, 5.41) is 11.1. The average molecular weight is 285 g/mol. The monoisotopic (exact) mass is 285 g/mol. The van der Waals surface area contributed by atoms with Gasteiger partial charge in [0.15, 0.2) is 0 Å². The van der Waals surface area contributed by atoms with Crippen molar-refractivity contribution in [3.63, 3.8) is 0 Å². The summed E-state index contributed by atoms with van der Waals surface area (Å²) in [7, 11) is 0. The van der Waals surface area contributed by atoms with Gasteiger partial charge >= 0.3 is 5.97 Å². The molecule has 0 heterocycles. The summed E-state index contributed by atoms with van der Waals surface area (Å²) in [4.78, 5) is 22.5. The van der Waals surface area contributed by atoms with E-state index in [1.54, 1.807) is 24.3 Å². The Labute approximate surface area is 122 Å². The van der Waals surface area contributed by atoms with Crippen molar-refractivity contribution >= 4 is 11.9 Å². The van der Waals surface area contributed by atoms with Crippen LogP contribution in [-0.2, 0) is 4.79 Å². The lowest BCUT2D eigenvalue weighted by atomic mass is 10.2. The number of carboxylic acids is 1. The number of ether oxygens (including phenoxy) is 1. The molecule has 21 heavy (non-hydrogen) atoms. The molecule has 108 valence electrons. The summed E-state index contributed by atoms with van der Waals surface area (Å²) in [6, 6.07) is 14.8. The molecular weight excluding hydrogens is 270 g/mol. The summed E-state index contributed by atoms with van der Waals surface area (Å²) in [5.74, 6) is -0.207. The molecule has 2 aromatic carbocycles. The first kappa shape index (κ1) is 14.6. The van der Waals surface area contributed by atoms with E-state index in [-0.39, 0.29) is 0 Å². The Hall–Kier alpha value is -2.82. The van der Waals surface area contributed by atoms with E-state index < -0.39 is 17.9 Å². The predicted octanol–water partition coefficient (Wildman–Crippen LogP) is 2.68. The van der Waals surface area contributed by atoms with E-state index in [2.05, 4.69) is 5.32 Å². The fourth-order valence-corrected chi connectivity index (χ4v) is 1.64. The summed E-state index contributed by atoms with van der Waals surface area (Å²) < 4.78 is 5.61. The number of carbonyl (C=O) groups excluding carboxylic acids is 1. The van der Waals surface area contributed by atoms with Crippen LogP contribution in [0.25, 0.3) is 0 Å². The molecule has 0 spiro atoms. The maximum absolute atomic E-state index is 11.8. The van der Waals surface area contributed by atoms with Gasteiger partial charge in [-0.05, 0) is 43.3 Å². The second-order valence-corrected chi connectivity index (χ2v) is 4.47. The van der Waals surface area contributed by atoms with Crippen molar-refractivity contribution in [3.05, 3.63) is 60.2 Å². The van der Waals surface area contributed by atoms with E-state index in [9.17, 15) is 9.59 Å². The number of amides is 1. The van der Waals surface area contributed by atoms with Crippen LogP contribution in [0.15, 0.2) is 54.6 Å². The summed E-state index contributed by atoms with van der Waals surface area (Å²) >= 11 is 0. The standard InChI is InChI=1S/C16H15NO4/c1-11(16(19)20)17-15(18)12-7-9-14(10-8-12)21-13-5-3-2-4-6-13/h2-11H,1H3,(H,17,18)(H,19,20)/t11-/m0/s1.